The molecule has 1 aromatic rings. The SMILES string of the molecule is Cl.NCC[C@@H](N)c1cc(Br)cc(C(F)(F)F)c1O. The standard InChI is InChI=1S/C10H12BrF3N2O.ClH/c11-5-3-6(8(16)1-2-15)9(17)7(4-5)10(12,13)14;/h3-4,8,17H,1-2,15-16H2;1H/t8-;/m1./s1. The molecule has 104 valence electrons. The van der Waals surface area contributed by atoms with E-state index >= 15 is 0 Å². The van der Waals surface area contributed by atoms with Crippen molar-refractivity contribution < 1.29 is 18.3 Å². The second kappa shape index (κ2) is 6.60. The molecular weight excluding hydrogens is 336 g/mol. The van der Waals surface area contributed by atoms with E-state index in [-0.39, 0.29) is 29.0 Å². The Balaban J connectivity index is 0.00000289. The van der Waals surface area contributed by atoms with Gasteiger partial charge in [0.15, 0.2) is 0 Å². The van der Waals surface area contributed by atoms with E-state index in [2.05, 4.69) is 15.9 Å². The fourth-order valence-electron chi connectivity index (χ4n) is 1.45. The van der Waals surface area contributed by atoms with Crippen molar-refractivity contribution in [3.63, 3.8) is 0 Å². The van der Waals surface area contributed by atoms with Crippen LogP contribution in [0.1, 0.15) is 23.6 Å². The van der Waals surface area contributed by atoms with Gasteiger partial charge in [-0.25, -0.2) is 0 Å². The lowest BCUT2D eigenvalue weighted by molar-refractivity contribution is -0.138. The topological polar surface area (TPSA) is 72.3 Å². The first-order valence-electron chi connectivity index (χ1n) is 4.82. The van der Waals surface area contributed by atoms with Crippen molar-refractivity contribution in [1.82, 2.24) is 0 Å². The predicted octanol–water partition coefficient (Wildman–Crippen LogP) is 2.94. The Morgan fingerprint density at radius 2 is 1.89 bits per heavy atom. The maximum absolute atomic E-state index is 12.6. The van der Waals surface area contributed by atoms with Crippen LogP contribution in [0.3, 0.4) is 0 Å². The lowest BCUT2D eigenvalue weighted by Crippen LogP contribution is -2.17. The maximum Gasteiger partial charge on any atom is 0.420 e. The Bertz CT molecular complexity index is 415. The molecule has 0 aliphatic heterocycles. The summed E-state index contributed by atoms with van der Waals surface area (Å²) in [7, 11) is 0. The van der Waals surface area contributed by atoms with Crippen molar-refractivity contribution in [3.8, 4) is 5.75 Å². The highest BCUT2D eigenvalue weighted by atomic mass is 79.9. The van der Waals surface area contributed by atoms with Crippen LogP contribution in [-0.4, -0.2) is 11.7 Å². The van der Waals surface area contributed by atoms with E-state index in [4.69, 9.17) is 11.5 Å². The van der Waals surface area contributed by atoms with E-state index in [1.807, 2.05) is 0 Å². The second-order valence-corrected chi connectivity index (χ2v) is 4.49. The van der Waals surface area contributed by atoms with Gasteiger partial charge in [0.2, 0.25) is 0 Å². The molecule has 0 saturated carbocycles. The molecule has 3 nitrogen and oxygen atoms in total. The molecule has 0 unspecified atom stereocenters. The summed E-state index contributed by atoms with van der Waals surface area (Å²) in [6.45, 7) is 0.231. The molecule has 0 amide bonds. The molecule has 8 heteroatoms. The molecule has 0 bridgehead atoms. The summed E-state index contributed by atoms with van der Waals surface area (Å²) >= 11 is 2.96. The van der Waals surface area contributed by atoms with Crippen LogP contribution < -0.4 is 11.5 Å². The molecule has 1 atom stereocenters. The number of rotatable bonds is 3. The van der Waals surface area contributed by atoms with Gasteiger partial charge in [-0.15, -0.1) is 12.4 Å². The van der Waals surface area contributed by atoms with Crippen molar-refractivity contribution in [1.29, 1.82) is 0 Å². The van der Waals surface area contributed by atoms with Crippen LogP contribution in [-0.2, 0) is 6.18 Å². The second-order valence-electron chi connectivity index (χ2n) is 3.57. The minimum Gasteiger partial charge on any atom is -0.507 e. The number of nitrogens with two attached hydrogens (primary N) is 2. The fraction of sp³-hybridized carbons (Fsp3) is 0.400. The van der Waals surface area contributed by atoms with Crippen LogP contribution in [0.15, 0.2) is 16.6 Å². The lowest BCUT2D eigenvalue weighted by Gasteiger charge is -2.17. The van der Waals surface area contributed by atoms with Crippen molar-refractivity contribution in [3.05, 3.63) is 27.7 Å². The number of alkyl halides is 3. The molecule has 0 aromatic heterocycles. The third-order valence-electron chi connectivity index (χ3n) is 2.29. The van der Waals surface area contributed by atoms with Crippen molar-refractivity contribution in [2.24, 2.45) is 11.5 Å². The average Bonchev–Trinajstić information content (AvgIpc) is 2.19. The summed E-state index contributed by atoms with van der Waals surface area (Å²) in [6.07, 6.45) is -4.33. The van der Waals surface area contributed by atoms with Gasteiger partial charge in [-0.05, 0) is 25.1 Å². The summed E-state index contributed by atoms with van der Waals surface area (Å²) in [4.78, 5) is 0. The zero-order valence-corrected chi connectivity index (χ0v) is 11.6. The third kappa shape index (κ3) is 4.01. The number of benzene rings is 1. The van der Waals surface area contributed by atoms with Gasteiger partial charge in [-0.3, -0.25) is 0 Å². The Morgan fingerprint density at radius 3 is 2.33 bits per heavy atom. The van der Waals surface area contributed by atoms with Crippen LogP contribution in [0.25, 0.3) is 0 Å². The van der Waals surface area contributed by atoms with E-state index in [1.165, 1.54) is 6.07 Å². The average molecular weight is 350 g/mol. The summed E-state index contributed by atoms with van der Waals surface area (Å²) in [6, 6.07) is 1.46. The van der Waals surface area contributed by atoms with E-state index < -0.39 is 23.5 Å². The zero-order chi connectivity index (χ0) is 13.2. The summed E-state index contributed by atoms with van der Waals surface area (Å²) in [5.41, 5.74) is 9.88. The smallest absolute Gasteiger partial charge is 0.420 e. The molecule has 0 saturated heterocycles. The molecule has 1 rings (SSSR count). The molecule has 0 aliphatic carbocycles. The van der Waals surface area contributed by atoms with E-state index in [9.17, 15) is 18.3 Å². The number of hydrogen-bond donors (Lipinski definition) is 3. The molecule has 0 radical (unpaired) electrons. The summed E-state index contributed by atoms with van der Waals surface area (Å²) in [5, 5.41) is 9.58. The Morgan fingerprint density at radius 1 is 1.33 bits per heavy atom. The number of halogens is 5. The lowest BCUT2D eigenvalue weighted by atomic mass is 10.00. The van der Waals surface area contributed by atoms with Gasteiger partial charge in [0, 0.05) is 16.1 Å². The molecular formula is C10H13BrClF3N2O. The largest absolute Gasteiger partial charge is 0.507 e. The van der Waals surface area contributed by atoms with Gasteiger partial charge in [-0.2, -0.15) is 13.2 Å². The zero-order valence-electron chi connectivity index (χ0n) is 9.17. The van der Waals surface area contributed by atoms with Crippen LogP contribution >= 0.6 is 28.3 Å². The number of aromatic hydroxyl groups is 1. The van der Waals surface area contributed by atoms with Crippen molar-refractivity contribution >= 4 is 28.3 Å². The Kier molecular flexibility index (Phi) is 6.42. The van der Waals surface area contributed by atoms with Crippen LogP contribution in [0.5, 0.6) is 5.75 Å². The molecule has 5 N–H and O–H groups in total. The fourth-order valence-corrected chi connectivity index (χ4v) is 1.93. The highest BCUT2D eigenvalue weighted by Gasteiger charge is 2.35. The normalized spacial score (nSPS) is 13.0. The highest BCUT2D eigenvalue weighted by Crippen LogP contribution is 2.41. The first-order chi connectivity index (χ1) is 7.77. The number of hydrogen-bond acceptors (Lipinski definition) is 3. The summed E-state index contributed by atoms with van der Waals surface area (Å²) < 4.78 is 38.0. The molecule has 1 aromatic carbocycles. The van der Waals surface area contributed by atoms with Crippen LogP contribution in [0.2, 0.25) is 0 Å². The van der Waals surface area contributed by atoms with Gasteiger partial charge in [0.05, 0.1) is 5.56 Å². The third-order valence-corrected chi connectivity index (χ3v) is 2.74. The monoisotopic (exact) mass is 348 g/mol. The van der Waals surface area contributed by atoms with Gasteiger partial charge in [-0.1, -0.05) is 15.9 Å². The van der Waals surface area contributed by atoms with Gasteiger partial charge in [0.1, 0.15) is 5.75 Å². The minimum atomic E-state index is -4.62. The van der Waals surface area contributed by atoms with Crippen LogP contribution in [0.4, 0.5) is 13.2 Å². The van der Waals surface area contributed by atoms with E-state index in [0.29, 0.717) is 6.42 Å². The molecule has 0 fully saturated rings. The number of phenolic OH excluding ortho intramolecular Hbond substituents is 1. The molecule has 0 aliphatic rings. The molecule has 0 spiro atoms. The van der Waals surface area contributed by atoms with Gasteiger partial charge < -0.3 is 16.6 Å². The van der Waals surface area contributed by atoms with E-state index in [1.54, 1.807) is 0 Å². The van der Waals surface area contributed by atoms with E-state index in [0.717, 1.165) is 6.07 Å². The quantitative estimate of drug-likeness (QED) is 0.785. The molecule has 0 heterocycles. The highest BCUT2D eigenvalue weighted by molar-refractivity contribution is 9.10. The minimum absolute atomic E-state index is 0. The predicted molar refractivity (Wildman–Crippen MR) is 68.7 cm³/mol. The van der Waals surface area contributed by atoms with Gasteiger partial charge >= 0.3 is 6.18 Å². The van der Waals surface area contributed by atoms with Crippen molar-refractivity contribution in [2.45, 2.75) is 18.6 Å². The van der Waals surface area contributed by atoms with Crippen molar-refractivity contribution in [2.75, 3.05) is 6.54 Å². The Labute approximate surface area is 117 Å². The van der Waals surface area contributed by atoms with Crippen LogP contribution in [0, 0.1) is 0 Å². The first kappa shape index (κ1) is 17.5. The summed E-state index contributed by atoms with van der Waals surface area (Å²) in [5.74, 6) is -0.832. The first-order valence-corrected chi connectivity index (χ1v) is 5.62. The van der Waals surface area contributed by atoms with Gasteiger partial charge in [0.25, 0.3) is 0 Å². The number of phenols is 1. The Hall–Kier alpha value is -0.500. The molecule has 18 heavy (non-hydrogen) atoms. The maximum atomic E-state index is 12.6.